The average molecular weight is 340 g/mol. The van der Waals surface area contributed by atoms with E-state index in [2.05, 4.69) is 58.5 Å². The molecule has 1 unspecified atom stereocenters. The number of benzene rings is 1. The highest BCUT2D eigenvalue weighted by Crippen LogP contribution is 2.25. The van der Waals surface area contributed by atoms with Crippen molar-refractivity contribution in [3.8, 4) is 0 Å². The fourth-order valence-corrected chi connectivity index (χ4v) is 3.75. The SMILES string of the molecule is CC(NC(=S)N(Cc1ccncc1)C1CCCC1)c1ccccc1. The van der Waals surface area contributed by atoms with Gasteiger partial charge in [0, 0.05) is 25.0 Å². The van der Waals surface area contributed by atoms with E-state index >= 15 is 0 Å². The van der Waals surface area contributed by atoms with Gasteiger partial charge in [-0.3, -0.25) is 4.98 Å². The zero-order valence-electron chi connectivity index (χ0n) is 14.2. The third kappa shape index (κ3) is 4.32. The van der Waals surface area contributed by atoms with Gasteiger partial charge in [-0.1, -0.05) is 43.2 Å². The van der Waals surface area contributed by atoms with Crippen molar-refractivity contribution < 1.29 is 0 Å². The Morgan fingerprint density at radius 1 is 1.17 bits per heavy atom. The van der Waals surface area contributed by atoms with E-state index in [0.29, 0.717) is 6.04 Å². The molecular weight excluding hydrogens is 314 g/mol. The number of nitrogens with one attached hydrogen (secondary N) is 1. The van der Waals surface area contributed by atoms with Crippen LogP contribution in [-0.4, -0.2) is 21.0 Å². The van der Waals surface area contributed by atoms with Crippen molar-refractivity contribution >= 4 is 17.3 Å². The van der Waals surface area contributed by atoms with Gasteiger partial charge in [0.15, 0.2) is 5.11 Å². The Hall–Kier alpha value is -1.94. The van der Waals surface area contributed by atoms with Gasteiger partial charge in [-0.15, -0.1) is 0 Å². The van der Waals surface area contributed by atoms with E-state index in [0.717, 1.165) is 11.7 Å². The Morgan fingerprint density at radius 2 is 1.83 bits per heavy atom. The maximum absolute atomic E-state index is 5.79. The standard InChI is InChI=1S/C20H25N3S/c1-16(18-7-3-2-4-8-18)22-20(24)23(19-9-5-6-10-19)15-17-11-13-21-14-12-17/h2-4,7-8,11-14,16,19H,5-6,9-10,15H2,1H3,(H,22,24). The van der Waals surface area contributed by atoms with E-state index in [4.69, 9.17) is 12.2 Å². The van der Waals surface area contributed by atoms with Crippen molar-refractivity contribution in [2.24, 2.45) is 0 Å². The van der Waals surface area contributed by atoms with E-state index in [9.17, 15) is 0 Å². The smallest absolute Gasteiger partial charge is 0.169 e. The molecule has 3 nitrogen and oxygen atoms in total. The van der Waals surface area contributed by atoms with E-state index < -0.39 is 0 Å². The Kier molecular flexibility index (Phi) is 5.81. The Balaban J connectivity index is 1.71. The molecule has 0 spiro atoms. The second-order valence-electron chi connectivity index (χ2n) is 6.50. The first-order valence-electron chi connectivity index (χ1n) is 8.75. The number of thiocarbonyl (C=S) groups is 1. The topological polar surface area (TPSA) is 28.2 Å². The molecule has 3 rings (SSSR count). The molecule has 1 fully saturated rings. The molecule has 0 radical (unpaired) electrons. The number of nitrogens with zero attached hydrogens (tertiary/aromatic N) is 2. The summed E-state index contributed by atoms with van der Waals surface area (Å²) in [5.74, 6) is 0. The molecule has 0 aliphatic heterocycles. The summed E-state index contributed by atoms with van der Waals surface area (Å²) in [5.41, 5.74) is 2.52. The molecule has 1 N–H and O–H groups in total. The molecule has 1 atom stereocenters. The van der Waals surface area contributed by atoms with Gasteiger partial charge in [-0.2, -0.15) is 0 Å². The zero-order valence-corrected chi connectivity index (χ0v) is 15.0. The zero-order chi connectivity index (χ0) is 16.8. The first-order chi connectivity index (χ1) is 11.7. The van der Waals surface area contributed by atoms with Gasteiger partial charge in [-0.05, 0) is 55.2 Å². The van der Waals surface area contributed by atoms with Crippen molar-refractivity contribution in [3.63, 3.8) is 0 Å². The molecule has 1 aromatic heterocycles. The average Bonchev–Trinajstić information content (AvgIpc) is 3.15. The number of hydrogen-bond acceptors (Lipinski definition) is 2. The molecule has 1 heterocycles. The van der Waals surface area contributed by atoms with E-state index in [-0.39, 0.29) is 6.04 Å². The molecule has 0 saturated heterocycles. The summed E-state index contributed by atoms with van der Waals surface area (Å²) in [6, 6.07) is 15.4. The third-order valence-corrected chi connectivity index (χ3v) is 5.12. The van der Waals surface area contributed by atoms with Gasteiger partial charge >= 0.3 is 0 Å². The molecule has 1 aliphatic rings. The summed E-state index contributed by atoms with van der Waals surface area (Å²) < 4.78 is 0. The predicted molar refractivity (Wildman–Crippen MR) is 103 cm³/mol. The highest BCUT2D eigenvalue weighted by Gasteiger charge is 2.25. The van der Waals surface area contributed by atoms with Gasteiger partial charge in [0.05, 0.1) is 6.04 Å². The normalized spacial score (nSPS) is 15.9. The van der Waals surface area contributed by atoms with Crippen molar-refractivity contribution in [1.29, 1.82) is 0 Å². The van der Waals surface area contributed by atoms with Crippen molar-refractivity contribution in [2.45, 2.75) is 51.2 Å². The Morgan fingerprint density at radius 3 is 2.50 bits per heavy atom. The minimum absolute atomic E-state index is 0.208. The minimum Gasteiger partial charge on any atom is -0.356 e. The number of rotatable bonds is 5. The summed E-state index contributed by atoms with van der Waals surface area (Å²) >= 11 is 5.79. The first-order valence-corrected chi connectivity index (χ1v) is 9.16. The fraction of sp³-hybridized carbons (Fsp3) is 0.400. The van der Waals surface area contributed by atoms with E-state index in [1.807, 2.05) is 18.5 Å². The van der Waals surface area contributed by atoms with Gasteiger partial charge in [0.1, 0.15) is 0 Å². The molecular formula is C20H25N3S. The summed E-state index contributed by atoms with van der Waals surface area (Å²) in [6.45, 7) is 3.02. The lowest BCUT2D eigenvalue weighted by Gasteiger charge is -2.33. The maximum atomic E-state index is 5.79. The van der Waals surface area contributed by atoms with Crippen LogP contribution < -0.4 is 5.32 Å². The van der Waals surface area contributed by atoms with Crippen molar-refractivity contribution in [2.75, 3.05) is 0 Å². The van der Waals surface area contributed by atoms with Crippen molar-refractivity contribution in [1.82, 2.24) is 15.2 Å². The molecule has 1 saturated carbocycles. The lowest BCUT2D eigenvalue weighted by atomic mass is 10.1. The second-order valence-corrected chi connectivity index (χ2v) is 6.89. The molecule has 4 heteroatoms. The van der Waals surface area contributed by atoms with E-state index in [1.165, 1.54) is 36.8 Å². The molecule has 0 amide bonds. The fourth-order valence-electron chi connectivity index (χ4n) is 3.36. The molecule has 1 aromatic carbocycles. The maximum Gasteiger partial charge on any atom is 0.169 e. The molecule has 126 valence electrons. The number of hydrogen-bond donors (Lipinski definition) is 1. The van der Waals surface area contributed by atoms with Gasteiger partial charge < -0.3 is 10.2 Å². The summed E-state index contributed by atoms with van der Waals surface area (Å²) in [6.07, 6.45) is 8.76. The molecule has 1 aliphatic carbocycles. The van der Waals surface area contributed by atoms with Crippen LogP contribution >= 0.6 is 12.2 Å². The van der Waals surface area contributed by atoms with Gasteiger partial charge in [-0.25, -0.2) is 0 Å². The van der Waals surface area contributed by atoms with Crippen LogP contribution in [-0.2, 0) is 6.54 Å². The van der Waals surface area contributed by atoms with Crippen LogP contribution in [0.3, 0.4) is 0 Å². The van der Waals surface area contributed by atoms with E-state index in [1.54, 1.807) is 0 Å². The quantitative estimate of drug-likeness (QED) is 0.814. The molecule has 24 heavy (non-hydrogen) atoms. The van der Waals surface area contributed by atoms with Crippen LogP contribution in [0.15, 0.2) is 54.9 Å². The highest BCUT2D eigenvalue weighted by molar-refractivity contribution is 7.80. The number of aromatic nitrogens is 1. The lowest BCUT2D eigenvalue weighted by molar-refractivity contribution is 0.300. The van der Waals surface area contributed by atoms with Crippen LogP contribution in [0.5, 0.6) is 0 Å². The number of pyridine rings is 1. The summed E-state index contributed by atoms with van der Waals surface area (Å²) in [7, 11) is 0. The molecule has 2 aromatic rings. The van der Waals surface area contributed by atoms with Gasteiger partial charge in [0.2, 0.25) is 0 Å². The largest absolute Gasteiger partial charge is 0.356 e. The Labute approximate surface area is 150 Å². The predicted octanol–water partition coefficient (Wildman–Crippen LogP) is 4.46. The lowest BCUT2D eigenvalue weighted by Crippen LogP contribution is -2.45. The summed E-state index contributed by atoms with van der Waals surface area (Å²) in [4.78, 5) is 6.49. The third-order valence-electron chi connectivity index (χ3n) is 4.77. The van der Waals surface area contributed by atoms with Crippen LogP contribution in [0, 0.1) is 0 Å². The van der Waals surface area contributed by atoms with Crippen LogP contribution in [0.2, 0.25) is 0 Å². The molecule has 0 bridgehead atoms. The summed E-state index contributed by atoms with van der Waals surface area (Å²) in [5, 5.41) is 4.39. The monoisotopic (exact) mass is 339 g/mol. The van der Waals surface area contributed by atoms with Crippen molar-refractivity contribution in [3.05, 3.63) is 66.0 Å². The second kappa shape index (κ2) is 8.25. The first kappa shape index (κ1) is 16.9. The van der Waals surface area contributed by atoms with Crippen LogP contribution in [0.25, 0.3) is 0 Å². The highest BCUT2D eigenvalue weighted by atomic mass is 32.1. The van der Waals surface area contributed by atoms with Crippen LogP contribution in [0.4, 0.5) is 0 Å². The minimum atomic E-state index is 0.208. The Bertz CT molecular complexity index is 638. The van der Waals surface area contributed by atoms with Crippen LogP contribution in [0.1, 0.15) is 49.8 Å². The van der Waals surface area contributed by atoms with Gasteiger partial charge in [0.25, 0.3) is 0 Å².